The molecule has 1 saturated carbocycles. The highest BCUT2D eigenvalue weighted by Gasteiger charge is 2.24. The predicted octanol–water partition coefficient (Wildman–Crippen LogP) is 5.10. The second kappa shape index (κ2) is 7.06. The van der Waals surface area contributed by atoms with Crippen molar-refractivity contribution in [2.45, 2.75) is 43.0 Å². The number of nitrogens with one attached hydrogen (secondary N) is 2. The Labute approximate surface area is 158 Å². The molecule has 4 rings (SSSR count). The fourth-order valence-electron chi connectivity index (χ4n) is 3.62. The van der Waals surface area contributed by atoms with E-state index >= 15 is 0 Å². The predicted molar refractivity (Wildman–Crippen MR) is 106 cm³/mol. The van der Waals surface area contributed by atoms with Crippen LogP contribution in [0.15, 0.2) is 53.4 Å². The standard InChI is InChI=1S/C20H21ClN2O2S/c21-17-12-15(19-13-14-6-4-5-9-18(14)22-19)10-11-20(17)26(24,25)23-16-7-2-1-3-8-16/h4-6,9-13,16,22-23H,1-3,7-8H2. The van der Waals surface area contributed by atoms with Gasteiger partial charge in [-0.25, -0.2) is 13.1 Å². The molecule has 1 aliphatic carbocycles. The molecule has 6 heteroatoms. The number of benzene rings is 2. The van der Waals surface area contributed by atoms with Crippen LogP contribution in [-0.4, -0.2) is 19.4 Å². The summed E-state index contributed by atoms with van der Waals surface area (Å²) in [6, 6.07) is 15.1. The van der Waals surface area contributed by atoms with Crippen LogP contribution < -0.4 is 4.72 Å². The summed E-state index contributed by atoms with van der Waals surface area (Å²) in [5, 5.41) is 1.35. The topological polar surface area (TPSA) is 62.0 Å². The van der Waals surface area contributed by atoms with Crippen LogP contribution in [0.4, 0.5) is 0 Å². The normalized spacial score (nSPS) is 16.2. The summed E-state index contributed by atoms with van der Waals surface area (Å²) in [7, 11) is -3.61. The Bertz CT molecular complexity index is 1000. The van der Waals surface area contributed by atoms with E-state index in [0.717, 1.165) is 47.8 Å². The zero-order chi connectivity index (χ0) is 18.1. The van der Waals surface area contributed by atoms with Gasteiger partial charge in [0.15, 0.2) is 0 Å². The molecule has 4 nitrogen and oxygen atoms in total. The molecule has 1 fully saturated rings. The number of H-pyrrole nitrogens is 1. The summed E-state index contributed by atoms with van der Waals surface area (Å²) in [5.41, 5.74) is 2.81. The molecule has 0 amide bonds. The van der Waals surface area contributed by atoms with Gasteiger partial charge in [0.25, 0.3) is 0 Å². The summed E-state index contributed by atoms with van der Waals surface area (Å²) >= 11 is 6.35. The number of rotatable bonds is 4. The quantitative estimate of drug-likeness (QED) is 0.653. The molecule has 0 unspecified atom stereocenters. The van der Waals surface area contributed by atoms with Crippen LogP contribution in [-0.2, 0) is 10.0 Å². The van der Waals surface area contributed by atoms with Gasteiger partial charge in [-0.2, -0.15) is 0 Å². The van der Waals surface area contributed by atoms with Gasteiger partial charge in [-0.1, -0.05) is 55.1 Å². The van der Waals surface area contributed by atoms with Gasteiger partial charge in [0.05, 0.1) is 5.02 Å². The fourth-order valence-corrected chi connectivity index (χ4v) is 5.47. The van der Waals surface area contributed by atoms with E-state index in [2.05, 4.69) is 9.71 Å². The maximum Gasteiger partial charge on any atom is 0.242 e. The third-order valence-corrected chi connectivity index (χ3v) is 6.99. The molecular formula is C20H21ClN2O2S. The minimum atomic E-state index is -3.61. The Balaban J connectivity index is 1.62. The molecule has 1 aromatic heterocycles. The summed E-state index contributed by atoms with van der Waals surface area (Å²) in [5.74, 6) is 0. The van der Waals surface area contributed by atoms with Gasteiger partial charge in [0.1, 0.15) is 4.90 Å². The molecule has 2 N–H and O–H groups in total. The molecule has 0 radical (unpaired) electrons. The lowest BCUT2D eigenvalue weighted by Crippen LogP contribution is -2.36. The van der Waals surface area contributed by atoms with Gasteiger partial charge >= 0.3 is 0 Å². The Morgan fingerprint density at radius 1 is 1.00 bits per heavy atom. The van der Waals surface area contributed by atoms with E-state index in [0.29, 0.717) is 0 Å². The summed E-state index contributed by atoms with van der Waals surface area (Å²) in [6.45, 7) is 0. The van der Waals surface area contributed by atoms with E-state index in [-0.39, 0.29) is 16.0 Å². The minimum absolute atomic E-state index is 0.0122. The Morgan fingerprint density at radius 2 is 1.77 bits per heavy atom. The monoisotopic (exact) mass is 388 g/mol. The lowest BCUT2D eigenvalue weighted by atomic mass is 9.96. The molecule has 0 spiro atoms. The van der Waals surface area contributed by atoms with Crippen molar-refractivity contribution >= 4 is 32.5 Å². The van der Waals surface area contributed by atoms with Crippen molar-refractivity contribution in [1.82, 2.24) is 9.71 Å². The summed E-state index contributed by atoms with van der Waals surface area (Å²) < 4.78 is 28.2. The largest absolute Gasteiger partial charge is 0.355 e. The van der Waals surface area contributed by atoms with Crippen molar-refractivity contribution in [3.8, 4) is 11.3 Å². The molecule has 1 aliphatic rings. The molecular weight excluding hydrogens is 368 g/mol. The van der Waals surface area contributed by atoms with Crippen LogP contribution in [0.2, 0.25) is 5.02 Å². The molecule has 0 bridgehead atoms. The Hall–Kier alpha value is -1.82. The number of sulfonamides is 1. The number of hydrogen-bond donors (Lipinski definition) is 2. The van der Waals surface area contributed by atoms with E-state index in [1.165, 1.54) is 6.42 Å². The lowest BCUT2D eigenvalue weighted by Gasteiger charge is -2.22. The van der Waals surface area contributed by atoms with Crippen molar-refractivity contribution < 1.29 is 8.42 Å². The molecule has 0 aliphatic heterocycles. The third kappa shape index (κ3) is 3.52. The Morgan fingerprint density at radius 3 is 2.50 bits per heavy atom. The molecule has 136 valence electrons. The molecule has 26 heavy (non-hydrogen) atoms. The van der Waals surface area contributed by atoms with E-state index in [9.17, 15) is 8.42 Å². The van der Waals surface area contributed by atoms with Crippen molar-refractivity contribution in [3.05, 3.63) is 53.6 Å². The molecule has 0 saturated heterocycles. The zero-order valence-electron chi connectivity index (χ0n) is 14.3. The number of para-hydroxylation sites is 1. The average molecular weight is 389 g/mol. The van der Waals surface area contributed by atoms with Crippen molar-refractivity contribution in [3.63, 3.8) is 0 Å². The van der Waals surface area contributed by atoms with Crippen molar-refractivity contribution in [1.29, 1.82) is 0 Å². The molecule has 2 aromatic carbocycles. The first-order valence-electron chi connectivity index (χ1n) is 8.93. The number of aromatic nitrogens is 1. The van der Waals surface area contributed by atoms with Crippen molar-refractivity contribution in [2.75, 3.05) is 0 Å². The molecule has 1 heterocycles. The van der Waals surface area contributed by atoms with E-state index in [1.807, 2.05) is 30.3 Å². The van der Waals surface area contributed by atoms with Gasteiger partial charge in [0.2, 0.25) is 10.0 Å². The van der Waals surface area contributed by atoms with Crippen LogP contribution in [0.1, 0.15) is 32.1 Å². The summed E-state index contributed by atoms with van der Waals surface area (Å²) in [6.07, 6.45) is 5.10. The van der Waals surface area contributed by atoms with Crippen LogP contribution in [0.25, 0.3) is 22.2 Å². The zero-order valence-corrected chi connectivity index (χ0v) is 15.9. The van der Waals surface area contributed by atoms with Gasteiger partial charge < -0.3 is 4.98 Å². The summed E-state index contributed by atoms with van der Waals surface area (Å²) in [4.78, 5) is 3.48. The highest BCUT2D eigenvalue weighted by molar-refractivity contribution is 7.89. The maximum atomic E-state index is 12.7. The lowest BCUT2D eigenvalue weighted by molar-refractivity contribution is 0.412. The van der Waals surface area contributed by atoms with Crippen LogP contribution in [0.3, 0.4) is 0 Å². The van der Waals surface area contributed by atoms with Gasteiger partial charge in [-0.15, -0.1) is 0 Å². The first kappa shape index (κ1) is 17.6. The van der Waals surface area contributed by atoms with Crippen molar-refractivity contribution in [2.24, 2.45) is 0 Å². The fraction of sp³-hybridized carbons (Fsp3) is 0.300. The SMILES string of the molecule is O=S(=O)(NC1CCCCC1)c1ccc(-c2cc3ccccc3[nH]2)cc1Cl. The second-order valence-electron chi connectivity index (χ2n) is 6.87. The first-order valence-corrected chi connectivity index (χ1v) is 10.8. The van der Waals surface area contributed by atoms with E-state index in [1.54, 1.807) is 18.2 Å². The third-order valence-electron chi connectivity index (χ3n) is 4.99. The highest BCUT2D eigenvalue weighted by Crippen LogP contribution is 2.30. The maximum absolute atomic E-state index is 12.7. The molecule has 0 atom stereocenters. The number of hydrogen-bond acceptors (Lipinski definition) is 2. The number of fused-ring (bicyclic) bond motifs is 1. The van der Waals surface area contributed by atoms with Crippen LogP contribution in [0, 0.1) is 0 Å². The second-order valence-corrected chi connectivity index (χ2v) is 8.96. The average Bonchev–Trinajstić information content (AvgIpc) is 3.06. The van der Waals surface area contributed by atoms with Gasteiger partial charge in [-0.3, -0.25) is 0 Å². The number of halogens is 1. The van der Waals surface area contributed by atoms with Crippen LogP contribution in [0.5, 0.6) is 0 Å². The Kier molecular flexibility index (Phi) is 4.78. The van der Waals surface area contributed by atoms with E-state index in [4.69, 9.17) is 11.6 Å². The minimum Gasteiger partial charge on any atom is -0.355 e. The van der Waals surface area contributed by atoms with Gasteiger partial charge in [-0.05, 0) is 42.7 Å². The van der Waals surface area contributed by atoms with Crippen LogP contribution >= 0.6 is 11.6 Å². The number of aromatic amines is 1. The highest BCUT2D eigenvalue weighted by atomic mass is 35.5. The van der Waals surface area contributed by atoms with E-state index < -0.39 is 10.0 Å². The first-order chi connectivity index (χ1) is 12.5. The molecule has 3 aromatic rings. The van der Waals surface area contributed by atoms with Gasteiger partial charge in [0, 0.05) is 22.6 Å². The smallest absolute Gasteiger partial charge is 0.242 e.